The second-order valence-corrected chi connectivity index (χ2v) is 8.55. The maximum atomic E-state index is 12.9. The van der Waals surface area contributed by atoms with Gasteiger partial charge >= 0.3 is 0 Å². The van der Waals surface area contributed by atoms with E-state index in [1.165, 1.54) is 0 Å². The first-order chi connectivity index (χ1) is 11.0. The van der Waals surface area contributed by atoms with E-state index in [0.717, 1.165) is 10.4 Å². The summed E-state index contributed by atoms with van der Waals surface area (Å²) in [6.45, 7) is 2.02. The Morgan fingerprint density at radius 2 is 2.00 bits per heavy atom. The van der Waals surface area contributed by atoms with Crippen LogP contribution < -0.4 is 4.72 Å². The molecular formula is C16H20N2O3S2. The van der Waals surface area contributed by atoms with Crippen molar-refractivity contribution in [3.05, 3.63) is 58.3 Å². The third kappa shape index (κ3) is 3.49. The predicted octanol–water partition coefficient (Wildman–Crippen LogP) is 2.72. The standard InChI is InChI=1S/C16H20N2O3S2/c1-12(13-7-4-3-5-8-13)17-23(19,20)15-11-21-18(2)16(15)14-9-6-10-22-14/h3-10,12,15-17H,11H2,1-2H3. The highest BCUT2D eigenvalue weighted by atomic mass is 32.2. The van der Waals surface area contributed by atoms with Crippen molar-refractivity contribution in [2.24, 2.45) is 0 Å². The first-order valence-corrected chi connectivity index (χ1v) is 9.87. The zero-order chi connectivity index (χ0) is 16.4. The molecule has 2 heterocycles. The molecule has 1 aromatic carbocycles. The van der Waals surface area contributed by atoms with Crippen LogP contribution in [0.1, 0.15) is 29.4 Å². The Labute approximate surface area is 140 Å². The Kier molecular flexibility index (Phi) is 4.84. The highest BCUT2D eigenvalue weighted by Gasteiger charge is 2.44. The third-order valence-corrected chi connectivity index (χ3v) is 6.88. The summed E-state index contributed by atoms with van der Waals surface area (Å²) in [6, 6.07) is 12.9. The average molecular weight is 352 g/mol. The van der Waals surface area contributed by atoms with E-state index < -0.39 is 15.3 Å². The molecule has 1 aliphatic rings. The minimum Gasteiger partial charge on any atom is -0.297 e. The molecule has 0 amide bonds. The van der Waals surface area contributed by atoms with Crippen LogP contribution in [0.2, 0.25) is 0 Å². The van der Waals surface area contributed by atoms with Crippen molar-refractivity contribution in [2.45, 2.75) is 24.3 Å². The molecule has 23 heavy (non-hydrogen) atoms. The number of nitrogens with one attached hydrogen (secondary N) is 1. The van der Waals surface area contributed by atoms with Gasteiger partial charge in [0.2, 0.25) is 10.0 Å². The summed E-state index contributed by atoms with van der Waals surface area (Å²) in [7, 11) is -1.75. The molecule has 1 N–H and O–H groups in total. The van der Waals surface area contributed by atoms with Crippen LogP contribution in [0.4, 0.5) is 0 Å². The Morgan fingerprint density at radius 3 is 2.65 bits per heavy atom. The first-order valence-electron chi connectivity index (χ1n) is 7.44. The number of hydroxylamine groups is 2. The maximum Gasteiger partial charge on any atom is 0.219 e. The lowest BCUT2D eigenvalue weighted by Gasteiger charge is -2.23. The lowest BCUT2D eigenvalue weighted by molar-refractivity contribution is -0.110. The molecule has 0 radical (unpaired) electrons. The summed E-state index contributed by atoms with van der Waals surface area (Å²) in [5, 5.41) is 2.96. The molecule has 0 spiro atoms. The van der Waals surface area contributed by atoms with Gasteiger partial charge in [-0.05, 0) is 23.9 Å². The summed E-state index contributed by atoms with van der Waals surface area (Å²) in [4.78, 5) is 6.49. The van der Waals surface area contributed by atoms with E-state index in [4.69, 9.17) is 4.84 Å². The Bertz CT molecular complexity index is 732. The quantitative estimate of drug-likeness (QED) is 0.899. The van der Waals surface area contributed by atoms with Crippen LogP contribution >= 0.6 is 11.3 Å². The molecule has 1 saturated heterocycles. The Hall–Kier alpha value is -1.25. The molecule has 3 unspecified atom stereocenters. The van der Waals surface area contributed by atoms with Crippen LogP contribution in [0.5, 0.6) is 0 Å². The highest BCUT2D eigenvalue weighted by molar-refractivity contribution is 7.90. The van der Waals surface area contributed by atoms with Gasteiger partial charge in [-0.25, -0.2) is 13.1 Å². The van der Waals surface area contributed by atoms with E-state index in [-0.39, 0.29) is 18.7 Å². The van der Waals surface area contributed by atoms with Gasteiger partial charge in [0.1, 0.15) is 5.25 Å². The second kappa shape index (κ2) is 6.70. The molecule has 1 fully saturated rings. The van der Waals surface area contributed by atoms with Crippen LogP contribution in [0.15, 0.2) is 47.8 Å². The Morgan fingerprint density at radius 1 is 1.26 bits per heavy atom. The SMILES string of the molecule is CC(NS(=O)(=O)C1CON(C)C1c1cccs1)c1ccccc1. The van der Waals surface area contributed by atoms with Crippen LogP contribution in [-0.4, -0.2) is 32.4 Å². The van der Waals surface area contributed by atoms with Crippen LogP contribution in [-0.2, 0) is 14.9 Å². The molecule has 1 aromatic heterocycles. The third-order valence-electron chi connectivity index (χ3n) is 4.06. The van der Waals surface area contributed by atoms with Gasteiger partial charge in [-0.3, -0.25) is 4.84 Å². The van der Waals surface area contributed by atoms with Gasteiger partial charge in [0.15, 0.2) is 0 Å². The fourth-order valence-electron chi connectivity index (χ4n) is 2.82. The zero-order valence-corrected chi connectivity index (χ0v) is 14.7. The minimum absolute atomic E-state index is 0.163. The lowest BCUT2D eigenvalue weighted by atomic mass is 10.1. The number of hydrogen-bond donors (Lipinski definition) is 1. The predicted molar refractivity (Wildman–Crippen MR) is 91.5 cm³/mol. The van der Waals surface area contributed by atoms with E-state index in [0.29, 0.717) is 0 Å². The molecule has 0 saturated carbocycles. The van der Waals surface area contributed by atoms with Gasteiger partial charge in [-0.1, -0.05) is 36.4 Å². The number of nitrogens with zero attached hydrogens (tertiary/aromatic N) is 1. The van der Waals surface area contributed by atoms with E-state index in [1.54, 1.807) is 23.4 Å². The first kappa shape index (κ1) is 16.6. The molecule has 1 aliphatic heterocycles. The number of thiophene rings is 1. The Balaban J connectivity index is 1.81. The summed E-state index contributed by atoms with van der Waals surface area (Å²) >= 11 is 1.55. The smallest absolute Gasteiger partial charge is 0.219 e. The fourth-order valence-corrected chi connectivity index (χ4v) is 5.53. The number of sulfonamides is 1. The summed E-state index contributed by atoms with van der Waals surface area (Å²) in [5.41, 5.74) is 0.941. The van der Waals surface area contributed by atoms with E-state index >= 15 is 0 Å². The van der Waals surface area contributed by atoms with E-state index in [1.807, 2.05) is 54.8 Å². The molecule has 7 heteroatoms. The zero-order valence-electron chi connectivity index (χ0n) is 13.0. The molecule has 3 atom stereocenters. The van der Waals surface area contributed by atoms with Crippen molar-refractivity contribution in [3.8, 4) is 0 Å². The van der Waals surface area contributed by atoms with Gasteiger partial charge in [0, 0.05) is 18.0 Å². The van der Waals surface area contributed by atoms with E-state index in [9.17, 15) is 8.42 Å². The molecule has 0 bridgehead atoms. The van der Waals surface area contributed by atoms with Crippen LogP contribution in [0.3, 0.4) is 0 Å². The van der Waals surface area contributed by atoms with Crippen molar-refractivity contribution in [1.29, 1.82) is 0 Å². The number of rotatable bonds is 5. The van der Waals surface area contributed by atoms with Gasteiger partial charge in [0.25, 0.3) is 0 Å². The molecule has 3 rings (SSSR count). The number of benzene rings is 1. The van der Waals surface area contributed by atoms with Gasteiger partial charge < -0.3 is 0 Å². The fraction of sp³-hybridized carbons (Fsp3) is 0.375. The average Bonchev–Trinajstić information content (AvgIpc) is 3.16. The van der Waals surface area contributed by atoms with E-state index in [2.05, 4.69) is 4.72 Å². The molecular weight excluding hydrogens is 332 g/mol. The molecule has 5 nitrogen and oxygen atoms in total. The monoisotopic (exact) mass is 352 g/mol. The van der Waals surface area contributed by atoms with Crippen molar-refractivity contribution in [3.63, 3.8) is 0 Å². The van der Waals surface area contributed by atoms with Crippen molar-refractivity contribution in [1.82, 2.24) is 9.79 Å². The van der Waals surface area contributed by atoms with Crippen LogP contribution in [0, 0.1) is 0 Å². The van der Waals surface area contributed by atoms with Crippen LogP contribution in [0.25, 0.3) is 0 Å². The minimum atomic E-state index is -3.53. The normalized spacial score (nSPS) is 23.9. The highest BCUT2D eigenvalue weighted by Crippen LogP contribution is 2.36. The van der Waals surface area contributed by atoms with Crippen molar-refractivity contribution < 1.29 is 13.3 Å². The molecule has 2 aromatic rings. The van der Waals surface area contributed by atoms with Crippen molar-refractivity contribution >= 4 is 21.4 Å². The summed E-state index contributed by atoms with van der Waals surface area (Å²) in [5.74, 6) is 0. The van der Waals surface area contributed by atoms with Gasteiger partial charge in [-0.2, -0.15) is 5.06 Å². The maximum absolute atomic E-state index is 12.9. The topological polar surface area (TPSA) is 58.6 Å². The summed E-state index contributed by atoms with van der Waals surface area (Å²) < 4.78 is 28.5. The van der Waals surface area contributed by atoms with Gasteiger partial charge in [-0.15, -0.1) is 11.3 Å². The van der Waals surface area contributed by atoms with Gasteiger partial charge in [0.05, 0.1) is 12.6 Å². The lowest BCUT2D eigenvalue weighted by Crippen LogP contribution is -2.40. The summed E-state index contributed by atoms with van der Waals surface area (Å²) in [6.07, 6.45) is 0. The second-order valence-electron chi connectivity index (χ2n) is 5.64. The number of hydrogen-bond acceptors (Lipinski definition) is 5. The van der Waals surface area contributed by atoms with Crippen molar-refractivity contribution in [2.75, 3.05) is 13.7 Å². The molecule has 124 valence electrons. The molecule has 0 aliphatic carbocycles. The largest absolute Gasteiger partial charge is 0.297 e.